The van der Waals surface area contributed by atoms with Crippen LogP contribution in [-0.4, -0.2) is 16.0 Å². The third-order valence-corrected chi connectivity index (χ3v) is 5.98. The molecule has 3 aromatic carbocycles. The molecule has 1 aliphatic rings. The van der Waals surface area contributed by atoms with Crippen molar-refractivity contribution in [1.82, 2.24) is 4.90 Å². The van der Waals surface area contributed by atoms with Gasteiger partial charge in [-0.15, -0.1) is 0 Å². The van der Waals surface area contributed by atoms with Crippen molar-refractivity contribution in [3.05, 3.63) is 99.4 Å². The zero-order chi connectivity index (χ0) is 20.2. The number of amides is 2. The lowest BCUT2D eigenvalue weighted by molar-refractivity contribution is -0.123. The van der Waals surface area contributed by atoms with Gasteiger partial charge in [-0.25, -0.2) is 0 Å². The van der Waals surface area contributed by atoms with E-state index in [1.165, 1.54) is 4.90 Å². The number of ether oxygens (including phenoxy) is 1. The minimum absolute atomic E-state index is 0.237. The fourth-order valence-electron chi connectivity index (χ4n) is 2.88. The van der Waals surface area contributed by atoms with Gasteiger partial charge in [-0.1, -0.05) is 64.5 Å². The topological polar surface area (TPSA) is 46.6 Å². The quantitative estimate of drug-likeness (QED) is 0.404. The van der Waals surface area contributed by atoms with E-state index in [0.29, 0.717) is 10.7 Å². The first-order valence-corrected chi connectivity index (χ1v) is 10.5. The number of hydrogen-bond acceptors (Lipinski definition) is 4. The Labute approximate surface area is 181 Å². The summed E-state index contributed by atoms with van der Waals surface area (Å²) in [7, 11) is 0. The van der Waals surface area contributed by atoms with Crippen LogP contribution in [0.15, 0.2) is 88.2 Å². The average Bonchev–Trinajstić information content (AvgIpc) is 2.98. The van der Waals surface area contributed by atoms with Crippen LogP contribution in [0.1, 0.15) is 11.1 Å². The highest BCUT2D eigenvalue weighted by Gasteiger charge is 2.35. The average molecular weight is 466 g/mol. The van der Waals surface area contributed by atoms with Crippen LogP contribution in [0.25, 0.3) is 6.08 Å². The molecule has 4 nitrogen and oxygen atoms in total. The number of benzene rings is 3. The van der Waals surface area contributed by atoms with Crippen molar-refractivity contribution >= 4 is 44.9 Å². The number of rotatable bonds is 5. The highest BCUT2D eigenvalue weighted by atomic mass is 79.9. The third-order valence-electron chi connectivity index (χ3n) is 4.29. The number of carbonyl (C=O) groups excluding carboxylic acids is 2. The fraction of sp³-hybridized carbons (Fsp3) is 0.0435. The van der Waals surface area contributed by atoms with Gasteiger partial charge in [-0.3, -0.25) is 14.5 Å². The molecule has 3 aromatic rings. The Kier molecular flexibility index (Phi) is 5.83. The second-order valence-corrected chi connectivity index (χ2v) is 8.19. The molecule has 0 saturated carbocycles. The Hall–Kier alpha value is -2.83. The zero-order valence-corrected chi connectivity index (χ0v) is 17.7. The number of nitrogens with zero attached hydrogens (tertiary/aromatic N) is 1. The van der Waals surface area contributed by atoms with Gasteiger partial charge >= 0.3 is 0 Å². The van der Waals surface area contributed by atoms with E-state index in [2.05, 4.69) is 15.9 Å². The minimum Gasteiger partial charge on any atom is -0.457 e. The lowest BCUT2D eigenvalue weighted by atomic mass is 10.2. The van der Waals surface area contributed by atoms with Crippen LogP contribution in [0.5, 0.6) is 11.5 Å². The Morgan fingerprint density at radius 3 is 2.41 bits per heavy atom. The number of halogens is 1. The molecule has 0 spiro atoms. The van der Waals surface area contributed by atoms with Gasteiger partial charge in [0.15, 0.2) is 0 Å². The molecular formula is C23H16BrNO3S. The summed E-state index contributed by atoms with van der Waals surface area (Å²) in [6.45, 7) is 0.237. The van der Waals surface area contributed by atoms with E-state index in [9.17, 15) is 9.59 Å². The van der Waals surface area contributed by atoms with Crippen LogP contribution in [0.2, 0.25) is 0 Å². The van der Waals surface area contributed by atoms with Crippen molar-refractivity contribution in [2.24, 2.45) is 0 Å². The molecule has 0 aliphatic carbocycles. The van der Waals surface area contributed by atoms with E-state index < -0.39 is 0 Å². The second-order valence-electron chi connectivity index (χ2n) is 6.35. The first-order valence-electron chi connectivity index (χ1n) is 8.92. The first-order chi connectivity index (χ1) is 14.1. The molecule has 0 N–H and O–H groups in total. The van der Waals surface area contributed by atoms with E-state index in [0.717, 1.165) is 33.1 Å². The third kappa shape index (κ3) is 4.60. The number of carbonyl (C=O) groups is 2. The highest BCUT2D eigenvalue weighted by molar-refractivity contribution is 9.10. The Morgan fingerprint density at radius 2 is 1.62 bits per heavy atom. The summed E-state index contributed by atoms with van der Waals surface area (Å²) in [4.78, 5) is 26.8. The molecule has 6 heteroatoms. The lowest BCUT2D eigenvalue weighted by Gasteiger charge is -2.13. The van der Waals surface area contributed by atoms with Crippen LogP contribution >= 0.6 is 27.7 Å². The smallest absolute Gasteiger partial charge is 0.293 e. The molecule has 2 amide bonds. The largest absolute Gasteiger partial charge is 0.457 e. The van der Waals surface area contributed by atoms with Gasteiger partial charge in [0.25, 0.3) is 11.1 Å². The fourth-order valence-corrected chi connectivity index (χ4v) is 4.13. The number of thioether (sulfide) groups is 1. The van der Waals surface area contributed by atoms with E-state index in [1.807, 2.05) is 78.9 Å². The maximum Gasteiger partial charge on any atom is 0.293 e. The molecular weight excluding hydrogens is 450 g/mol. The van der Waals surface area contributed by atoms with Gasteiger partial charge < -0.3 is 4.74 Å². The second kappa shape index (κ2) is 8.68. The molecule has 1 fully saturated rings. The Balaban J connectivity index is 1.53. The van der Waals surface area contributed by atoms with Crippen LogP contribution in [0.3, 0.4) is 0 Å². The minimum atomic E-state index is -0.287. The molecule has 0 unspecified atom stereocenters. The number of imide groups is 1. The standard InChI is InChI=1S/C23H16BrNO3S/c24-20-12-5-4-8-17(20)15-25-22(26)21(29-23(25)27)14-16-7-6-11-19(13-16)28-18-9-2-1-3-10-18/h1-14H,15H2/b21-14+. The summed E-state index contributed by atoms with van der Waals surface area (Å²) in [6.07, 6.45) is 1.72. The first kappa shape index (κ1) is 19.5. The van der Waals surface area contributed by atoms with Crippen LogP contribution in [0.4, 0.5) is 4.79 Å². The SMILES string of the molecule is O=C1S/C(=C/c2cccc(Oc3ccccc3)c2)C(=O)N1Cc1ccccc1Br. The molecule has 1 aliphatic heterocycles. The molecule has 0 aromatic heterocycles. The lowest BCUT2D eigenvalue weighted by Crippen LogP contribution is -2.27. The molecule has 0 radical (unpaired) electrons. The molecule has 0 atom stereocenters. The normalized spacial score (nSPS) is 15.2. The molecule has 1 saturated heterocycles. The molecule has 144 valence electrons. The summed E-state index contributed by atoms with van der Waals surface area (Å²) >= 11 is 4.42. The van der Waals surface area contributed by atoms with Crippen molar-refractivity contribution in [3.63, 3.8) is 0 Å². The summed E-state index contributed by atoms with van der Waals surface area (Å²) in [5, 5.41) is -0.270. The molecule has 1 heterocycles. The maximum absolute atomic E-state index is 12.8. The molecule has 4 rings (SSSR count). The summed E-state index contributed by atoms with van der Waals surface area (Å²) in [6, 6.07) is 24.5. The molecule has 0 bridgehead atoms. The predicted molar refractivity (Wildman–Crippen MR) is 119 cm³/mol. The van der Waals surface area contributed by atoms with E-state index in [-0.39, 0.29) is 17.7 Å². The van der Waals surface area contributed by atoms with Gasteiger partial charge in [0, 0.05) is 4.47 Å². The maximum atomic E-state index is 12.8. The van der Waals surface area contributed by atoms with Crippen molar-refractivity contribution in [3.8, 4) is 11.5 Å². The van der Waals surface area contributed by atoms with Gasteiger partial charge in [0.05, 0.1) is 11.4 Å². The van der Waals surface area contributed by atoms with Crippen LogP contribution in [0, 0.1) is 0 Å². The summed E-state index contributed by atoms with van der Waals surface area (Å²) < 4.78 is 6.71. The van der Waals surface area contributed by atoms with Crippen molar-refractivity contribution < 1.29 is 14.3 Å². The number of hydrogen-bond donors (Lipinski definition) is 0. The van der Waals surface area contributed by atoms with Gasteiger partial charge in [-0.05, 0) is 59.3 Å². The summed E-state index contributed by atoms with van der Waals surface area (Å²) in [5.41, 5.74) is 1.68. The Morgan fingerprint density at radius 1 is 0.897 bits per heavy atom. The predicted octanol–water partition coefficient (Wildman–Crippen LogP) is 6.48. The number of para-hydroxylation sites is 1. The zero-order valence-electron chi connectivity index (χ0n) is 15.2. The van der Waals surface area contributed by atoms with Crippen molar-refractivity contribution in [2.75, 3.05) is 0 Å². The van der Waals surface area contributed by atoms with E-state index in [4.69, 9.17) is 4.74 Å². The van der Waals surface area contributed by atoms with Crippen LogP contribution < -0.4 is 4.74 Å². The monoisotopic (exact) mass is 465 g/mol. The van der Waals surface area contributed by atoms with E-state index >= 15 is 0 Å². The van der Waals surface area contributed by atoms with Crippen LogP contribution in [-0.2, 0) is 11.3 Å². The van der Waals surface area contributed by atoms with Gasteiger partial charge in [-0.2, -0.15) is 0 Å². The van der Waals surface area contributed by atoms with Crippen molar-refractivity contribution in [1.29, 1.82) is 0 Å². The molecule has 29 heavy (non-hydrogen) atoms. The van der Waals surface area contributed by atoms with Gasteiger partial charge in [0.2, 0.25) is 0 Å². The van der Waals surface area contributed by atoms with Gasteiger partial charge in [0.1, 0.15) is 11.5 Å². The Bertz CT molecular complexity index is 1100. The summed E-state index contributed by atoms with van der Waals surface area (Å²) in [5.74, 6) is 1.11. The highest BCUT2D eigenvalue weighted by Crippen LogP contribution is 2.34. The van der Waals surface area contributed by atoms with E-state index in [1.54, 1.807) is 6.08 Å². The van der Waals surface area contributed by atoms with Crippen molar-refractivity contribution in [2.45, 2.75) is 6.54 Å².